The van der Waals surface area contributed by atoms with Crippen molar-refractivity contribution in [3.63, 3.8) is 0 Å². The van der Waals surface area contributed by atoms with Crippen molar-refractivity contribution in [3.8, 4) is 0 Å². The van der Waals surface area contributed by atoms with Crippen LogP contribution in [-0.4, -0.2) is 30.1 Å². The summed E-state index contributed by atoms with van der Waals surface area (Å²) in [5, 5.41) is 8.20. The molecule has 4 nitrogen and oxygen atoms in total. The summed E-state index contributed by atoms with van der Waals surface area (Å²) in [6.07, 6.45) is 9.71. The maximum atomic E-state index is 4.74. The summed E-state index contributed by atoms with van der Waals surface area (Å²) in [6.45, 7) is 5.95. The molecular formula is C19H27IN4. The average Bonchev–Trinajstić information content (AvgIpc) is 3.18. The molecule has 1 aliphatic carbocycles. The molecular weight excluding hydrogens is 411 g/mol. The molecule has 1 heterocycles. The van der Waals surface area contributed by atoms with Gasteiger partial charge >= 0.3 is 0 Å². The zero-order valence-corrected chi connectivity index (χ0v) is 16.8. The van der Waals surface area contributed by atoms with Gasteiger partial charge < -0.3 is 15.6 Å². The van der Waals surface area contributed by atoms with E-state index < -0.39 is 0 Å². The summed E-state index contributed by atoms with van der Waals surface area (Å²) in [5.41, 5.74) is 3.89. The molecule has 0 saturated heterocycles. The van der Waals surface area contributed by atoms with E-state index in [1.165, 1.54) is 22.0 Å². The number of H-pyrrole nitrogens is 1. The van der Waals surface area contributed by atoms with Gasteiger partial charge in [-0.1, -0.05) is 24.3 Å². The van der Waals surface area contributed by atoms with Gasteiger partial charge in [-0.15, -0.1) is 24.0 Å². The quantitative estimate of drug-likeness (QED) is 0.287. The van der Waals surface area contributed by atoms with E-state index in [9.17, 15) is 0 Å². The highest BCUT2D eigenvalue weighted by molar-refractivity contribution is 14.0. The number of halogens is 1. The molecule has 0 saturated carbocycles. The van der Waals surface area contributed by atoms with Gasteiger partial charge in [0.15, 0.2) is 5.96 Å². The maximum absolute atomic E-state index is 4.74. The van der Waals surface area contributed by atoms with E-state index in [1.54, 1.807) is 0 Å². The molecule has 0 spiro atoms. The van der Waals surface area contributed by atoms with Gasteiger partial charge in [-0.3, -0.25) is 4.99 Å². The minimum atomic E-state index is 0. The van der Waals surface area contributed by atoms with Crippen LogP contribution in [0.25, 0.3) is 10.9 Å². The Kier molecular flexibility index (Phi) is 7.15. The minimum Gasteiger partial charge on any atom is -0.361 e. The molecule has 0 radical (unpaired) electrons. The van der Waals surface area contributed by atoms with Crippen molar-refractivity contribution in [2.45, 2.75) is 39.2 Å². The van der Waals surface area contributed by atoms with E-state index in [2.05, 4.69) is 66.0 Å². The summed E-state index contributed by atoms with van der Waals surface area (Å²) in [6, 6.07) is 6.89. The van der Waals surface area contributed by atoms with Crippen molar-refractivity contribution in [2.24, 2.45) is 4.99 Å². The largest absolute Gasteiger partial charge is 0.361 e. The molecule has 0 aliphatic heterocycles. The summed E-state index contributed by atoms with van der Waals surface area (Å²) in [5.74, 6) is 0.928. The summed E-state index contributed by atoms with van der Waals surface area (Å²) in [4.78, 5) is 8.10. The number of nitrogens with zero attached hydrogens (tertiary/aromatic N) is 1. The molecule has 24 heavy (non-hydrogen) atoms. The lowest BCUT2D eigenvalue weighted by Crippen LogP contribution is -2.42. The molecule has 1 aromatic carbocycles. The third-order valence-corrected chi connectivity index (χ3v) is 4.34. The Bertz CT molecular complexity index is 709. The predicted molar refractivity (Wildman–Crippen MR) is 113 cm³/mol. The molecule has 3 N–H and O–H groups in total. The number of hydrogen-bond donors (Lipinski definition) is 3. The van der Waals surface area contributed by atoms with Crippen LogP contribution in [0, 0.1) is 6.92 Å². The smallest absolute Gasteiger partial charge is 0.191 e. The third kappa shape index (κ3) is 4.53. The van der Waals surface area contributed by atoms with E-state index >= 15 is 0 Å². The monoisotopic (exact) mass is 438 g/mol. The number of aromatic amines is 1. The van der Waals surface area contributed by atoms with Crippen molar-refractivity contribution in [2.75, 3.05) is 13.1 Å². The minimum absolute atomic E-state index is 0. The maximum Gasteiger partial charge on any atom is 0.191 e. The van der Waals surface area contributed by atoms with E-state index in [0.717, 1.165) is 38.3 Å². The fraction of sp³-hybridized carbons (Fsp3) is 0.421. The number of aryl methyl sites for hydroxylation is 1. The van der Waals surface area contributed by atoms with Gasteiger partial charge in [0.25, 0.3) is 0 Å². The Morgan fingerprint density at radius 2 is 2.08 bits per heavy atom. The summed E-state index contributed by atoms with van der Waals surface area (Å²) >= 11 is 0. The Balaban J connectivity index is 0.00000208. The number of aromatic nitrogens is 1. The molecule has 130 valence electrons. The zero-order valence-electron chi connectivity index (χ0n) is 14.4. The molecule has 1 aliphatic rings. The van der Waals surface area contributed by atoms with Crippen LogP contribution in [0.4, 0.5) is 0 Å². The highest BCUT2D eigenvalue weighted by Gasteiger charge is 2.11. The number of nitrogens with one attached hydrogen (secondary N) is 3. The first-order valence-electron chi connectivity index (χ1n) is 8.53. The lowest BCUT2D eigenvalue weighted by Gasteiger charge is -2.16. The van der Waals surface area contributed by atoms with Gasteiger partial charge in [-0.25, -0.2) is 0 Å². The fourth-order valence-corrected chi connectivity index (χ4v) is 3.19. The van der Waals surface area contributed by atoms with Crippen LogP contribution in [0.3, 0.4) is 0 Å². The van der Waals surface area contributed by atoms with Gasteiger partial charge in [0, 0.05) is 36.2 Å². The molecule has 2 aromatic rings. The number of fused-ring (bicyclic) bond motifs is 1. The number of benzene rings is 1. The van der Waals surface area contributed by atoms with Crippen LogP contribution in [0.2, 0.25) is 0 Å². The number of guanidine groups is 1. The summed E-state index contributed by atoms with van der Waals surface area (Å²) < 4.78 is 0. The van der Waals surface area contributed by atoms with Gasteiger partial charge in [0.1, 0.15) is 0 Å². The molecule has 0 fully saturated rings. The van der Waals surface area contributed by atoms with Crippen molar-refractivity contribution in [3.05, 3.63) is 47.7 Å². The number of rotatable bonds is 5. The van der Waals surface area contributed by atoms with Gasteiger partial charge in [0.2, 0.25) is 0 Å². The zero-order chi connectivity index (χ0) is 16.1. The van der Waals surface area contributed by atoms with Crippen LogP contribution in [0.15, 0.2) is 41.5 Å². The third-order valence-electron chi connectivity index (χ3n) is 4.34. The SMILES string of the molecule is CCNC(=NCCc1c[nH]c2cccc(C)c12)NC1CC=CC1.I. The van der Waals surface area contributed by atoms with E-state index in [0.29, 0.717) is 6.04 Å². The normalized spacial score (nSPS) is 14.8. The van der Waals surface area contributed by atoms with Gasteiger partial charge in [-0.2, -0.15) is 0 Å². The van der Waals surface area contributed by atoms with Crippen molar-refractivity contribution in [1.29, 1.82) is 0 Å². The second-order valence-corrected chi connectivity index (χ2v) is 6.11. The number of aliphatic imine (C=N–C) groups is 1. The molecule has 0 amide bonds. The second kappa shape index (κ2) is 9.11. The van der Waals surface area contributed by atoms with E-state index in [1.807, 2.05) is 0 Å². The van der Waals surface area contributed by atoms with Crippen molar-refractivity contribution >= 4 is 40.8 Å². The lowest BCUT2D eigenvalue weighted by atomic mass is 10.1. The highest BCUT2D eigenvalue weighted by atomic mass is 127. The van der Waals surface area contributed by atoms with Gasteiger partial charge in [0.05, 0.1) is 0 Å². The van der Waals surface area contributed by atoms with Crippen LogP contribution < -0.4 is 10.6 Å². The van der Waals surface area contributed by atoms with E-state index in [4.69, 9.17) is 4.99 Å². The Morgan fingerprint density at radius 1 is 1.29 bits per heavy atom. The summed E-state index contributed by atoms with van der Waals surface area (Å²) in [7, 11) is 0. The van der Waals surface area contributed by atoms with Gasteiger partial charge in [-0.05, 0) is 50.3 Å². The first-order valence-corrected chi connectivity index (χ1v) is 8.53. The predicted octanol–water partition coefficient (Wildman–Crippen LogP) is 3.91. The Labute approximate surface area is 161 Å². The number of hydrogen-bond acceptors (Lipinski definition) is 1. The topological polar surface area (TPSA) is 52.2 Å². The van der Waals surface area contributed by atoms with Crippen LogP contribution in [0.5, 0.6) is 0 Å². The molecule has 5 heteroatoms. The highest BCUT2D eigenvalue weighted by Crippen LogP contribution is 2.22. The molecule has 0 atom stereocenters. The lowest BCUT2D eigenvalue weighted by molar-refractivity contribution is 0.633. The average molecular weight is 438 g/mol. The molecule has 1 aromatic heterocycles. The van der Waals surface area contributed by atoms with Crippen LogP contribution in [0.1, 0.15) is 30.9 Å². The molecule has 0 bridgehead atoms. The van der Waals surface area contributed by atoms with Crippen LogP contribution >= 0.6 is 24.0 Å². The van der Waals surface area contributed by atoms with E-state index in [-0.39, 0.29) is 24.0 Å². The standard InChI is InChI=1S/C19H26N4.HI/c1-3-20-19(23-16-8-4-5-9-16)21-12-11-15-13-22-17-10-6-7-14(2)18(15)17;/h4-7,10,13,16,22H,3,8-9,11-12H2,1-2H3,(H2,20,21,23);1H. The van der Waals surface area contributed by atoms with Crippen molar-refractivity contribution in [1.82, 2.24) is 15.6 Å². The van der Waals surface area contributed by atoms with Crippen molar-refractivity contribution < 1.29 is 0 Å². The second-order valence-electron chi connectivity index (χ2n) is 6.11. The first-order chi connectivity index (χ1) is 11.3. The molecule has 3 rings (SSSR count). The Hall–Kier alpha value is -1.50. The van der Waals surface area contributed by atoms with Crippen LogP contribution in [-0.2, 0) is 6.42 Å². The fourth-order valence-electron chi connectivity index (χ4n) is 3.19. The first kappa shape index (κ1) is 18.8. The molecule has 0 unspecified atom stereocenters. The Morgan fingerprint density at radius 3 is 2.83 bits per heavy atom.